The molecule has 0 aromatic heterocycles. The Morgan fingerprint density at radius 1 is 1.34 bits per heavy atom. The van der Waals surface area contributed by atoms with Crippen LogP contribution in [0.1, 0.15) is 58.8 Å². The normalized spacial score (nSPS) is 28.7. The van der Waals surface area contributed by atoms with Gasteiger partial charge in [0.25, 0.3) is 12.3 Å². The molecule has 10 nitrogen and oxygen atoms in total. The van der Waals surface area contributed by atoms with Gasteiger partial charge in [0.15, 0.2) is 0 Å². The molecule has 1 aliphatic carbocycles. The van der Waals surface area contributed by atoms with Crippen LogP contribution in [0.3, 0.4) is 0 Å². The lowest BCUT2D eigenvalue weighted by molar-refractivity contribution is -0.0557. The van der Waals surface area contributed by atoms with Crippen LogP contribution in [-0.2, 0) is 14.2 Å². The molecule has 2 rings (SSSR count). The first kappa shape index (κ1) is 31.8. The fourth-order valence-corrected chi connectivity index (χ4v) is 5.34. The van der Waals surface area contributed by atoms with Crippen molar-refractivity contribution in [1.29, 1.82) is 5.41 Å². The summed E-state index contributed by atoms with van der Waals surface area (Å²) in [6, 6.07) is 0.0293. The minimum atomic E-state index is -1.10. The Kier molecular flexibility index (Phi) is 12.3. The first-order valence-electron chi connectivity index (χ1n) is 13.4. The zero-order valence-electron chi connectivity index (χ0n) is 24.0. The Bertz CT molecular complexity index is 912. The average Bonchev–Trinajstić information content (AvgIpc) is 2.96. The number of amidine groups is 2. The van der Waals surface area contributed by atoms with Crippen molar-refractivity contribution in [3.8, 4) is 0 Å². The number of methoxy groups -OCH3 is 2. The standard InChI is InChI=1S/C28H49N7O3/c1-8-20(2)28(4,37-7)19-35(16-21-12-10-9-11-13-21)22-14-23(29)34-25(24(30)38-26(31)36-6)33-18-27(3,15-22)17-32-5/h8,17,21-22,26,30H,1-2,9-16,18-19,31H2,3-7H3,(H2,29,33,34)/b30-24?,32-17-. The lowest BCUT2D eigenvalue weighted by Crippen LogP contribution is -2.51. The molecule has 1 fully saturated rings. The Balaban J connectivity index is 2.49. The van der Waals surface area contributed by atoms with Crippen LogP contribution in [0, 0.1) is 16.7 Å². The molecule has 0 aromatic carbocycles. The van der Waals surface area contributed by atoms with Crippen molar-refractivity contribution in [3.63, 3.8) is 0 Å². The van der Waals surface area contributed by atoms with E-state index in [1.165, 1.54) is 39.2 Å². The van der Waals surface area contributed by atoms with Crippen molar-refractivity contribution in [2.75, 3.05) is 40.9 Å². The van der Waals surface area contributed by atoms with E-state index in [1.54, 1.807) is 20.2 Å². The first-order valence-corrected chi connectivity index (χ1v) is 13.4. The number of hydrogen-bond donors (Lipinski definition) is 3. The third-order valence-corrected chi connectivity index (χ3v) is 7.71. The van der Waals surface area contributed by atoms with Crippen molar-refractivity contribution >= 4 is 23.8 Å². The maximum atomic E-state index is 8.34. The molecule has 0 bridgehead atoms. The molecule has 0 amide bonds. The summed E-state index contributed by atoms with van der Waals surface area (Å²) < 4.78 is 16.3. The molecule has 1 saturated carbocycles. The van der Waals surface area contributed by atoms with Crippen LogP contribution in [0.5, 0.6) is 0 Å². The molecule has 1 aliphatic heterocycles. The maximum absolute atomic E-state index is 8.34. The van der Waals surface area contributed by atoms with Crippen molar-refractivity contribution in [3.05, 3.63) is 24.8 Å². The highest BCUT2D eigenvalue weighted by Gasteiger charge is 2.37. The fraction of sp³-hybridized carbons (Fsp3) is 0.714. The third kappa shape index (κ3) is 9.11. The van der Waals surface area contributed by atoms with Gasteiger partial charge >= 0.3 is 0 Å². The van der Waals surface area contributed by atoms with Crippen molar-refractivity contribution < 1.29 is 14.2 Å². The lowest BCUT2D eigenvalue weighted by Gasteiger charge is -2.43. The van der Waals surface area contributed by atoms with Gasteiger partial charge in [-0.2, -0.15) is 0 Å². The predicted molar refractivity (Wildman–Crippen MR) is 156 cm³/mol. The van der Waals surface area contributed by atoms with E-state index in [-0.39, 0.29) is 17.8 Å². The molecule has 0 saturated heterocycles. The molecular formula is C28H49N7O3. The van der Waals surface area contributed by atoms with Crippen molar-refractivity contribution in [1.82, 2.24) is 4.90 Å². The van der Waals surface area contributed by atoms with Gasteiger partial charge in [0.2, 0.25) is 5.84 Å². The van der Waals surface area contributed by atoms with E-state index in [0.717, 1.165) is 18.5 Å². The van der Waals surface area contributed by atoms with Crippen LogP contribution < -0.4 is 11.5 Å². The topological polar surface area (TPSA) is 144 Å². The van der Waals surface area contributed by atoms with Gasteiger partial charge in [-0.3, -0.25) is 21.0 Å². The van der Waals surface area contributed by atoms with Gasteiger partial charge in [-0.1, -0.05) is 45.4 Å². The van der Waals surface area contributed by atoms with Crippen molar-refractivity contribution in [2.45, 2.75) is 76.9 Å². The molecule has 2 aliphatic rings. The number of hydrogen-bond acceptors (Lipinski definition) is 10. The number of rotatable bonds is 12. The van der Waals surface area contributed by atoms with Gasteiger partial charge < -0.3 is 24.9 Å². The Morgan fingerprint density at radius 2 is 2.03 bits per heavy atom. The van der Waals surface area contributed by atoms with Crippen LogP contribution in [0.15, 0.2) is 39.8 Å². The molecule has 10 heteroatoms. The van der Waals surface area contributed by atoms with Crippen LogP contribution in [0.25, 0.3) is 0 Å². The summed E-state index contributed by atoms with van der Waals surface area (Å²) in [5.74, 6) is 0.778. The summed E-state index contributed by atoms with van der Waals surface area (Å²) in [6.07, 6.45) is 10.1. The van der Waals surface area contributed by atoms with E-state index in [9.17, 15) is 0 Å². The third-order valence-electron chi connectivity index (χ3n) is 7.71. The molecule has 214 valence electrons. The number of aliphatic imine (C=N–C) groups is 3. The van der Waals surface area contributed by atoms with E-state index < -0.39 is 17.4 Å². The number of nitrogens with two attached hydrogens (primary N) is 2. The first-order chi connectivity index (χ1) is 18.0. The lowest BCUT2D eigenvalue weighted by atomic mass is 9.81. The Morgan fingerprint density at radius 3 is 2.61 bits per heavy atom. The Labute approximate surface area is 228 Å². The number of nitrogens with zero attached hydrogens (tertiary/aromatic N) is 4. The monoisotopic (exact) mass is 531 g/mol. The summed E-state index contributed by atoms with van der Waals surface area (Å²) in [5.41, 5.74) is 12.0. The van der Waals surface area contributed by atoms with Gasteiger partial charge in [0.1, 0.15) is 11.4 Å². The van der Waals surface area contributed by atoms with E-state index in [2.05, 4.69) is 46.9 Å². The highest BCUT2D eigenvalue weighted by molar-refractivity contribution is 6.38. The molecule has 1 heterocycles. The van der Waals surface area contributed by atoms with Crippen LogP contribution in [-0.4, -0.2) is 87.6 Å². The molecule has 0 spiro atoms. The highest BCUT2D eigenvalue weighted by Crippen LogP contribution is 2.33. The van der Waals surface area contributed by atoms with Crippen LogP contribution in [0.4, 0.5) is 0 Å². The van der Waals surface area contributed by atoms with Gasteiger partial charge in [0, 0.05) is 58.4 Å². The quantitative estimate of drug-likeness (QED) is 0.152. The van der Waals surface area contributed by atoms with Crippen LogP contribution in [0.2, 0.25) is 0 Å². The zero-order chi connectivity index (χ0) is 28.3. The number of nitrogens with one attached hydrogen (secondary N) is 1. The van der Waals surface area contributed by atoms with Crippen LogP contribution >= 0.6 is 0 Å². The molecule has 5 N–H and O–H groups in total. The number of ether oxygens (including phenoxy) is 3. The molecule has 38 heavy (non-hydrogen) atoms. The van der Waals surface area contributed by atoms with Gasteiger partial charge in [-0.15, -0.1) is 0 Å². The summed E-state index contributed by atoms with van der Waals surface area (Å²) >= 11 is 0. The fourth-order valence-electron chi connectivity index (χ4n) is 5.34. The largest absolute Gasteiger partial charge is 0.431 e. The second-order valence-electron chi connectivity index (χ2n) is 11.0. The minimum absolute atomic E-state index is 0.0293. The summed E-state index contributed by atoms with van der Waals surface area (Å²) in [4.78, 5) is 16.0. The second kappa shape index (κ2) is 14.7. The molecular weight excluding hydrogens is 482 g/mol. The molecule has 0 radical (unpaired) electrons. The molecule has 0 aromatic rings. The second-order valence-corrected chi connectivity index (χ2v) is 11.0. The average molecular weight is 532 g/mol. The highest BCUT2D eigenvalue weighted by atomic mass is 16.7. The maximum Gasteiger partial charge on any atom is 0.258 e. The van der Waals surface area contributed by atoms with E-state index >= 15 is 0 Å². The zero-order valence-corrected chi connectivity index (χ0v) is 24.0. The summed E-state index contributed by atoms with van der Waals surface area (Å²) in [7, 11) is 4.88. The van der Waals surface area contributed by atoms with Gasteiger partial charge in [-0.25, -0.2) is 4.99 Å². The van der Waals surface area contributed by atoms with E-state index in [4.69, 9.17) is 31.1 Å². The predicted octanol–water partition coefficient (Wildman–Crippen LogP) is 3.52. The SMILES string of the molecule is C=CC(=C)C(C)(CN(CC1CCCCC1)C1C/C(N)=N\C(C(=N)OC(N)OC)=N/CC(C)(/C=N\C)C1)OC. The molecule has 4 atom stereocenters. The Hall–Kier alpha value is -2.40. The molecule has 4 unspecified atom stereocenters. The van der Waals surface area contributed by atoms with Gasteiger partial charge in [0.05, 0.1) is 6.54 Å². The van der Waals surface area contributed by atoms with Gasteiger partial charge in [-0.05, 0) is 37.7 Å². The summed E-state index contributed by atoms with van der Waals surface area (Å²) in [5, 5.41) is 8.34. The minimum Gasteiger partial charge on any atom is -0.431 e. The summed E-state index contributed by atoms with van der Waals surface area (Å²) in [6.45, 7) is 14.3. The smallest absolute Gasteiger partial charge is 0.258 e. The van der Waals surface area contributed by atoms with E-state index in [0.29, 0.717) is 31.3 Å². The van der Waals surface area contributed by atoms with Crippen molar-refractivity contribution in [2.24, 2.45) is 37.8 Å². The van der Waals surface area contributed by atoms with E-state index in [1.807, 2.05) is 6.21 Å².